The van der Waals surface area contributed by atoms with Crippen LogP contribution in [0.15, 0.2) is 54.6 Å². The van der Waals surface area contributed by atoms with E-state index in [2.05, 4.69) is 17.2 Å². The second-order valence-corrected chi connectivity index (χ2v) is 10.6. The summed E-state index contributed by atoms with van der Waals surface area (Å²) in [6.07, 6.45) is 3.24. The van der Waals surface area contributed by atoms with Crippen LogP contribution in [0, 0.1) is 11.3 Å². The standard InChI is InChI=1S/C28H43N3O4/c1-11-27(5,6)23(25(33)31(10)21(18(2)3)17-19(4)26(34)35)30-24(32)22(29-9)28(7,8)20-15-13-12-14-16-20/h11-18,21-23,29H,1H2,2-10H3,(H,30,32)(H,34,35)/b19-17+/t21-,22-,23-/m1/s1. The molecule has 3 N–H and O–H groups in total. The lowest BCUT2D eigenvalue weighted by Gasteiger charge is -2.40. The number of benzene rings is 1. The number of carbonyl (C=O) groups excluding carboxylic acids is 2. The van der Waals surface area contributed by atoms with Crippen LogP contribution in [-0.2, 0) is 19.8 Å². The van der Waals surface area contributed by atoms with Gasteiger partial charge in [0.1, 0.15) is 6.04 Å². The van der Waals surface area contributed by atoms with Crippen molar-refractivity contribution in [3.63, 3.8) is 0 Å². The molecule has 7 heteroatoms. The van der Waals surface area contributed by atoms with Gasteiger partial charge in [0.2, 0.25) is 11.8 Å². The molecular formula is C28H43N3O4. The highest BCUT2D eigenvalue weighted by atomic mass is 16.4. The molecular weight excluding hydrogens is 442 g/mol. The first-order valence-corrected chi connectivity index (χ1v) is 12.0. The second kappa shape index (κ2) is 12.2. The van der Waals surface area contributed by atoms with Gasteiger partial charge in [-0.15, -0.1) is 6.58 Å². The number of hydrogen-bond acceptors (Lipinski definition) is 4. The van der Waals surface area contributed by atoms with Gasteiger partial charge < -0.3 is 20.6 Å². The molecule has 0 heterocycles. The number of nitrogens with one attached hydrogen (secondary N) is 2. The van der Waals surface area contributed by atoms with Crippen molar-refractivity contribution in [1.29, 1.82) is 0 Å². The smallest absolute Gasteiger partial charge is 0.331 e. The summed E-state index contributed by atoms with van der Waals surface area (Å²) in [6.45, 7) is 16.9. The molecule has 1 rings (SSSR count). The van der Waals surface area contributed by atoms with Gasteiger partial charge in [-0.1, -0.05) is 84.0 Å². The maximum absolute atomic E-state index is 13.8. The molecule has 0 aliphatic heterocycles. The molecule has 0 spiro atoms. The molecule has 0 aromatic heterocycles. The lowest BCUT2D eigenvalue weighted by molar-refractivity contribution is -0.140. The zero-order valence-electron chi connectivity index (χ0n) is 22.7. The number of aliphatic carboxylic acids is 1. The number of hydrogen-bond donors (Lipinski definition) is 3. The Kier molecular flexibility index (Phi) is 10.5. The third kappa shape index (κ3) is 7.28. The number of likely N-dealkylation sites (N-methyl/N-ethyl adjacent to an activating group) is 2. The number of nitrogens with zero attached hydrogens (tertiary/aromatic N) is 1. The van der Waals surface area contributed by atoms with Crippen LogP contribution in [0.5, 0.6) is 0 Å². The zero-order chi connectivity index (χ0) is 27.1. The molecule has 1 aromatic carbocycles. The van der Waals surface area contributed by atoms with Crippen LogP contribution in [-0.4, -0.2) is 60.0 Å². The van der Waals surface area contributed by atoms with Gasteiger partial charge in [0, 0.05) is 23.5 Å². The van der Waals surface area contributed by atoms with Gasteiger partial charge in [-0.2, -0.15) is 0 Å². The quantitative estimate of drug-likeness (QED) is 0.309. The predicted molar refractivity (Wildman–Crippen MR) is 141 cm³/mol. The van der Waals surface area contributed by atoms with E-state index in [0.717, 1.165) is 5.56 Å². The van der Waals surface area contributed by atoms with Crippen molar-refractivity contribution in [2.24, 2.45) is 11.3 Å². The first kappa shape index (κ1) is 30.1. The zero-order valence-corrected chi connectivity index (χ0v) is 22.7. The molecule has 35 heavy (non-hydrogen) atoms. The number of carboxylic acids is 1. The van der Waals surface area contributed by atoms with Gasteiger partial charge in [0.15, 0.2) is 0 Å². The molecule has 0 aliphatic rings. The summed E-state index contributed by atoms with van der Waals surface area (Å²) in [5, 5.41) is 15.4. The SMILES string of the molecule is C=CC(C)(C)[C@H](NC(=O)[C@@H](NC)C(C)(C)c1ccccc1)C(=O)N(C)[C@H](/C=C(\C)C(=O)O)C(C)C. The van der Waals surface area contributed by atoms with E-state index in [0.29, 0.717) is 0 Å². The summed E-state index contributed by atoms with van der Waals surface area (Å²) >= 11 is 0. The van der Waals surface area contributed by atoms with E-state index in [1.807, 2.05) is 71.9 Å². The van der Waals surface area contributed by atoms with Crippen LogP contribution in [0.4, 0.5) is 0 Å². The van der Waals surface area contributed by atoms with Crippen LogP contribution in [0.3, 0.4) is 0 Å². The average molecular weight is 486 g/mol. The Morgan fingerprint density at radius 2 is 1.60 bits per heavy atom. The van der Waals surface area contributed by atoms with E-state index < -0.39 is 34.9 Å². The highest BCUT2D eigenvalue weighted by Gasteiger charge is 2.42. The van der Waals surface area contributed by atoms with Crippen molar-refractivity contribution >= 4 is 17.8 Å². The topological polar surface area (TPSA) is 98.7 Å². The first-order chi connectivity index (χ1) is 16.1. The average Bonchev–Trinajstić information content (AvgIpc) is 2.80. The van der Waals surface area contributed by atoms with Crippen molar-refractivity contribution in [2.75, 3.05) is 14.1 Å². The Balaban J connectivity index is 3.37. The fourth-order valence-corrected chi connectivity index (χ4v) is 4.19. The number of amides is 2. The fraction of sp³-hybridized carbons (Fsp3) is 0.536. The normalized spacial score (nSPS) is 15.2. The molecule has 7 nitrogen and oxygen atoms in total. The van der Waals surface area contributed by atoms with Crippen LogP contribution < -0.4 is 10.6 Å². The number of carbonyl (C=O) groups is 3. The van der Waals surface area contributed by atoms with E-state index in [1.54, 1.807) is 26.2 Å². The summed E-state index contributed by atoms with van der Waals surface area (Å²) in [7, 11) is 3.37. The van der Waals surface area contributed by atoms with Crippen molar-refractivity contribution in [3.05, 3.63) is 60.2 Å². The summed E-state index contributed by atoms with van der Waals surface area (Å²) in [5.41, 5.74) is -0.165. The summed E-state index contributed by atoms with van der Waals surface area (Å²) in [6, 6.07) is 7.78. The molecule has 0 bridgehead atoms. The lowest BCUT2D eigenvalue weighted by Crippen LogP contribution is -2.61. The van der Waals surface area contributed by atoms with Crippen molar-refractivity contribution in [1.82, 2.24) is 15.5 Å². The van der Waals surface area contributed by atoms with Crippen molar-refractivity contribution in [3.8, 4) is 0 Å². The summed E-state index contributed by atoms with van der Waals surface area (Å²) < 4.78 is 0. The van der Waals surface area contributed by atoms with Gasteiger partial charge in [0.05, 0.1) is 12.1 Å². The van der Waals surface area contributed by atoms with E-state index in [-0.39, 0.29) is 23.3 Å². The third-order valence-electron chi connectivity index (χ3n) is 6.83. The minimum absolute atomic E-state index is 0.0384. The maximum Gasteiger partial charge on any atom is 0.331 e. The Morgan fingerprint density at radius 1 is 1.06 bits per heavy atom. The lowest BCUT2D eigenvalue weighted by atomic mass is 9.76. The highest BCUT2D eigenvalue weighted by Crippen LogP contribution is 2.29. The second-order valence-electron chi connectivity index (χ2n) is 10.6. The molecule has 1 aromatic rings. The molecule has 0 aliphatic carbocycles. The first-order valence-electron chi connectivity index (χ1n) is 12.0. The monoisotopic (exact) mass is 485 g/mol. The largest absolute Gasteiger partial charge is 0.478 e. The van der Waals surface area contributed by atoms with Gasteiger partial charge in [-0.25, -0.2) is 4.79 Å². The van der Waals surface area contributed by atoms with Crippen LogP contribution >= 0.6 is 0 Å². The predicted octanol–water partition coefficient (Wildman–Crippen LogP) is 3.76. The number of carboxylic acid groups (broad SMARTS) is 1. The van der Waals surface area contributed by atoms with Crippen LogP contribution in [0.25, 0.3) is 0 Å². The third-order valence-corrected chi connectivity index (χ3v) is 6.83. The van der Waals surface area contributed by atoms with Crippen molar-refractivity contribution in [2.45, 2.75) is 72.0 Å². The molecule has 0 saturated carbocycles. The molecule has 0 radical (unpaired) electrons. The Labute approximate surface area is 210 Å². The summed E-state index contributed by atoms with van der Waals surface area (Å²) in [4.78, 5) is 40.3. The molecule has 0 unspecified atom stereocenters. The molecule has 0 saturated heterocycles. The Morgan fingerprint density at radius 3 is 2.03 bits per heavy atom. The Bertz CT molecular complexity index is 935. The molecule has 3 atom stereocenters. The van der Waals surface area contributed by atoms with Gasteiger partial charge in [-0.05, 0) is 25.5 Å². The molecule has 2 amide bonds. The van der Waals surface area contributed by atoms with Crippen LogP contribution in [0.2, 0.25) is 0 Å². The van der Waals surface area contributed by atoms with Gasteiger partial charge in [-0.3, -0.25) is 9.59 Å². The van der Waals surface area contributed by atoms with E-state index >= 15 is 0 Å². The van der Waals surface area contributed by atoms with E-state index in [9.17, 15) is 19.5 Å². The fourth-order valence-electron chi connectivity index (χ4n) is 4.19. The number of rotatable bonds is 12. The maximum atomic E-state index is 13.8. The van der Waals surface area contributed by atoms with Gasteiger partial charge >= 0.3 is 5.97 Å². The van der Waals surface area contributed by atoms with Crippen LogP contribution in [0.1, 0.15) is 54.0 Å². The highest BCUT2D eigenvalue weighted by molar-refractivity contribution is 5.92. The van der Waals surface area contributed by atoms with Crippen molar-refractivity contribution < 1.29 is 19.5 Å². The summed E-state index contributed by atoms with van der Waals surface area (Å²) in [5.74, 6) is -1.69. The minimum atomic E-state index is -1.03. The molecule has 194 valence electrons. The van der Waals surface area contributed by atoms with Gasteiger partial charge in [0.25, 0.3) is 0 Å². The Hall–Kier alpha value is -2.93. The molecule has 0 fully saturated rings. The van der Waals surface area contributed by atoms with E-state index in [1.165, 1.54) is 11.8 Å². The van der Waals surface area contributed by atoms with E-state index in [4.69, 9.17) is 0 Å². The minimum Gasteiger partial charge on any atom is -0.478 e.